The van der Waals surface area contributed by atoms with Gasteiger partial charge in [-0.25, -0.2) is 23.7 Å². The number of amides is 1. The van der Waals surface area contributed by atoms with Crippen molar-refractivity contribution in [2.75, 3.05) is 13.1 Å². The first-order valence-corrected chi connectivity index (χ1v) is 13.4. The number of imidazole rings is 1. The molecule has 0 saturated carbocycles. The van der Waals surface area contributed by atoms with E-state index in [1.165, 1.54) is 17.9 Å². The van der Waals surface area contributed by atoms with Gasteiger partial charge in [0.15, 0.2) is 0 Å². The van der Waals surface area contributed by atoms with Gasteiger partial charge in [-0.05, 0) is 44.5 Å². The Balaban J connectivity index is 1.41. The van der Waals surface area contributed by atoms with Crippen LogP contribution in [0.25, 0.3) is 33.1 Å². The molecule has 12 heteroatoms. The minimum atomic E-state index is -1.40. The molecule has 210 valence electrons. The van der Waals surface area contributed by atoms with Crippen LogP contribution in [0.3, 0.4) is 0 Å². The van der Waals surface area contributed by atoms with Crippen LogP contribution in [0.4, 0.5) is 8.78 Å². The Bertz CT molecular complexity index is 1780. The van der Waals surface area contributed by atoms with E-state index >= 15 is 8.78 Å². The number of rotatable bonds is 5. The quantitative estimate of drug-likeness (QED) is 0.296. The van der Waals surface area contributed by atoms with E-state index in [0.717, 1.165) is 0 Å². The van der Waals surface area contributed by atoms with Crippen LogP contribution in [0.1, 0.15) is 25.2 Å². The third-order valence-electron chi connectivity index (χ3n) is 7.27. The summed E-state index contributed by atoms with van der Waals surface area (Å²) in [5, 5.41) is 10.5. The lowest BCUT2D eigenvalue weighted by Crippen LogP contribution is -2.48. The highest BCUT2D eigenvalue weighted by Crippen LogP contribution is 2.39. The van der Waals surface area contributed by atoms with E-state index < -0.39 is 30.0 Å². The third kappa shape index (κ3) is 4.95. The number of hydrogen-bond acceptors (Lipinski definition) is 7. The average Bonchev–Trinajstić information content (AvgIpc) is 3.29. The summed E-state index contributed by atoms with van der Waals surface area (Å²) in [6.07, 6.45) is 2.37. The summed E-state index contributed by atoms with van der Waals surface area (Å²) >= 11 is 6.59. The molecule has 3 aromatic heterocycles. The Morgan fingerprint density at radius 3 is 2.63 bits per heavy atom. The van der Waals surface area contributed by atoms with Crippen LogP contribution in [0.2, 0.25) is 5.02 Å². The van der Waals surface area contributed by atoms with Crippen molar-refractivity contribution in [1.82, 2.24) is 29.4 Å². The molecule has 0 radical (unpaired) electrons. The Labute approximate surface area is 238 Å². The molecule has 3 atom stereocenters. The van der Waals surface area contributed by atoms with Gasteiger partial charge < -0.3 is 19.3 Å². The fourth-order valence-electron chi connectivity index (χ4n) is 5.40. The maximum atomic E-state index is 15.6. The summed E-state index contributed by atoms with van der Waals surface area (Å²) < 4.78 is 38.5. The van der Waals surface area contributed by atoms with Crippen molar-refractivity contribution in [3.63, 3.8) is 0 Å². The van der Waals surface area contributed by atoms with E-state index in [9.17, 15) is 9.90 Å². The summed E-state index contributed by atoms with van der Waals surface area (Å²) in [6, 6.07) is 9.03. The topological polar surface area (TPSA) is 106 Å². The van der Waals surface area contributed by atoms with Crippen molar-refractivity contribution in [2.24, 2.45) is 0 Å². The highest BCUT2D eigenvalue weighted by molar-refractivity contribution is 6.33. The van der Waals surface area contributed by atoms with Gasteiger partial charge in [0.1, 0.15) is 35.2 Å². The lowest BCUT2D eigenvalue weighted by molar-refractivity contribution is -0.142. The fourth-order valence-corrected chi connectivity index (χ4v) is 5.67. The molecule has 1 N–H and O–H groups in total. The Kier molecular flexibility index (Phi) is 7.00. The first kappa shape index (κ1) is 27.0. The van der Waals surface area contributed by atoms with Crippen LogP contribution in [-0.4, -0.2) is 65.8 Å². The monoisotopic (exact) mass is 578 g/mol. The highest BCUT2D eigenvalue weighted by atomic mass is 35.5. The third-order valence-corrected chi connectivity index (χ3v) is 7.58. The van der Waals surface area contributed by atoms with Crippen molar-refractivity contribution in [2.45, 2.75) is 38.6 Å². The first-order chi connectivity index (χ1) is 19.7. The number of piperidine rings is 1. The molecule has 0 bridgehead atoms. The van der Waals surface area contributed by atoms with Gasteiger partial charge in [-0.15, -0.1) is 0 Å². The molecule has 4 heterocycles. The predicted molar refractivity (Wildman–Crippen MR) is 149 cm³/mol. The van der Waals surface area contributed by atoms with Crippen LogP contribution < -0.4 is 4.74 Å². The largest absolute Gasteiger partial charge is 0.424 e. The van der Waals surface area contributed by atoms with Crippen molar-refractivity contribution in [3.05, 3.63) is 71.7 Å². The van der Waals surface area contributed by atoms with Crippen molar-refractivity contribution >= 4 is 39.4 Å². The van der Waals surface area contributed by atoms with Crippen LogP contribution in [0.15, 0.2) is 55.0 Å². The van der Waals surface area contributed by atoms with E-state index in [0.29, 0.717) is 45.5 Å². The molecule has 1 saturated heterocycles. The van der Waals surface area contributed by atoms with Gasteiger partial charge in [-0.2, -0.15) is 0 Å². The van der Waals surface area contributed by atoms with Crippen LogP contribution >= 0.6 is 11.6 Å². The van der Waals surface area contributed by atoms with Gasteiger partial charge in [0.05, 0.1) is 34.8 Å². The molecular weight excluding hydrogens is 554 g/mol. The molecular formula is C29H25ClF2N6O3. The number of aryl methyl sites for hydroxylation is 1. The molecule has 6 rings (SSSR count). The highest BCUT2D eigenvalue weighted by Gasteiger charge is 2.35. The number of fused-ring (bicyclic) bond motifs is 3. The zero-order valence-corrected chi connectivity index (χ0v) is 22.9. The molecule has 0 spiro atoms. The Morgan fingerprint density at radius 1 is 1.15 bits per heavy atom. The number of aliphatic hydroxyl groups is 1. The maximum Gasteiger partial charge on any atom is 0.321 e. The molecule has 1 aliphatic rings. The number of benzene rings is 2. The smallest absolute Gasteiger partial charge is 0.321 e. The Hall–Kier alpha value is -4.22. The van der Waals surface area contributed by atoms with Crippen LogP contribution in [-0.2, 0) is 4.79 Å². The second-order valence-electron chi connectivity index (χ2n) is 9.98. The molecule has 3 unspecified atom stereocenters. The number of hydrogen-bond donors (Lipinski definition) is 1. The van der Waals surface area contributed by atoms with Crippen molar-refractivity contribution < 1.29 is 23.4 Å². The van der Waals surface area contributed by atoms with Gasteiger partial charge >= 0.3 is 6.01 Å². The zero-order valence-electron chi connectivity index (χ0n) is 22.1. The van der Waals surface area contributed by atoms with Gasteiger partial charge in [-0.1, -0.05) is 11.6 Å². The lowest BCUT2D eigenvalue weighted by Gasteiger charge is -2.36. The number of carbonyl (C=O) groups excluding carboxylic acids is 1. The minimum Gasteiger partial charge on any atom is -0.424 e. The van der Waals surface area contributed by atoms with Gasteiger partial charge in [0.25, 0.3) is 5.91 Å². The van der Waals surface area contributed by atoms with E-state index in [1.54, 1.807) is 55.8 Å². The molecule has 0 aliphatic carbocycles. The number of halogens is 3. The number of pyridine rings is 1. The number of aromatic nitrogens is 5. The fraction of sp³-hybridized carbons (Fsp3) is 0.276. The first-order valence-electron chi connectivity index (χ1n) is 13.0. The summed E-state index contributed by atoms with van der Waals surface area (Å²) in [7, 11) is 0. The number of aliphatic hydroxyl groups excluding tert-OH is 1. The van der Waals surface area contributed by atoms with Crippen molar-refractivity contribution in [1.29, 1.82) is 0 Å². The van der Waals surface area contributed by atoms with E-state index in [1.807, 2.05) is 4.57 Å². The summed E-state index contributed by atoms with van der Waals surface area (Å²) in [4.78, 5) is 30.7. The number of carbonyl (C=O) groups is 1. The molecule has 1 aliphatic heterocycles. The molecule has 1 amide bonds. The number of nitrogens with zero attached hydrogens (tertiary/aromatic N) is 6. The van der Waals surface area contributed by atoms with E-state index in [4.69, 9.17) is 16.3 Å². The molecule has 41 heavy (non-hydrogen) atoms. The SMILES string of the molecule is Cc1nc2cnc3cc(F)c(-c4ccc(Oc5ncccn5)cc4Cl)cc3c2n1C1CCN(C(=O)C(C)O)CC1F. The summed E-state index contributed by atoms with van der Waals surface area (Å²) in [6.45, 7) is 3.29. The zero-order chi connectivity index (χ0) is 28.8. The number of ether oxygens (including phenoxy) is 1. The molecule has 9 nitrogen and oxygen atoms in total. The average molecular weight is 579 g/mol. The van der Waals surface area contributed by atoms with Gasteiger partial charge in [0.2, 0.25) is 0 Å². The van der Waals surface area contributed by atoms with Gasteiger partial charge in [-0.3, -0.25) is 9.78 Å². The molecule has 1 fully saturated rings. The summed E-state index contributed by atoms with van der Waals surface area (Å²) in [5.41, 5.74) is 2.21. The predicted octanol–water partition coefficient (Wildman–Crippen LogP) is 5.43. The van der Waals surface area contributed by atoms with E-state index in [2.05, 4.69) is 19.9 Å². The number of alkyl halides is 1. The standard InChI is InChI=1S/C29H25ClF2N6O3/c1-15(39)28(40)37-9-6-26(23(32)14-37)38-16(2)36-25-13-35-24-12-22(31)19(11-20(24)27(25)38)18-5-4-17(10-21(18)30)41-29-33-7-3-8-34-29/h3-5,7-8,10-13,15,23,26,39H,6,9,14H2,1-2H3. The minimum absolute atomic E-state index is 0.144. The van der Waals surface area contributed by atoms with E-state index in [-0.39, 0.29) is 29.7 Å². The number of likely N-dealkylation sites (tertiary alicyclic amines) is 1. The summed E-state index contributed by atoms with van der Waals surface area (Å²) in [5.74, 6) is -0.0656. The maximum absolute atomic E-state index is 15.6. The van der Waals surface area contributed by atoms with Gasteiger partial charge in [0, 0.05) is 47.6 Å². The van der Waals surface area contributed by atoms with Crippen molar-refractivity contribution in [3.8, 4) is 22.9 Å². The lowest BCUT2D eigenvalue weighted by atomic mass is 9.99. The molecule has 5 aromatic rings. The van der Waals surface area contributed by atoms with Crippen LogP contribution in [0.5, 0.6) is 11.8 Å². The Morgan fingerprint density at radius 2 is 1.93 bits per heavy atom. The van der Waals surface area contributed by atoms with Crippen LogP contribution in [0, 0.1) is 12.7 Å². The normalized spacial score (nSPS) is 18.1. The second kappa shape index (κ2) is 10.6. The second-order valence-corrected chi connectivity index (χ2v) is 10.4. The molecule has 2 aromatic carbocycles.